The SMILES string of the molecule is COCCOCOc1ccc(CC(C)CO)nc1. The Hall–Kier alpha value is -1.17. The van der Waals surface area contributed by atoms with Crippen molar-refractivity contribution in [3.8, 4) is 5.75 Å². The van der Waals surface area contributed by atoms with E-state index in [2.05, 4.69) is 4.98 Å². The number of hydrogen-bond donors (Lipinski definition) is 1. The Bertz CT molecular complexity index is 315. The fourth-order valence-electron chi connectivity index (χ4n) is 1.35. The third-order valence-corrected chi connectivity index (χ3v) is 2.41. The lowest BCUT2D eigenvalue weighted by Gasteiger charge is -2.09. The summed E-state index contributed by atoms with van der Waals surface area (Å²) in [5, 5.41) is 8.96. The minimum Gasteiger partial charge on any atom is -0.466 e. The molecule has 1 unspecified atom stereocenters. The van der Waals surface area contributed by atoms with E-state index in [0.29, 0.717) is 19.0 Å². The van der Waals surface area contributed by atoms with Crippen LogP contribution in [-0.4, -0.2) is 43.8 Å². The molecule has 0 aliphatic carbocycles. The number of aliphatic hydroxyl groups is 1. The summed E-state index contributed by atoms with van der Waals surface area (Å²) < 4.78 is 15.4. The van der Waals surface area contributed by atoms with Gasteiger partial charge in [-0.15, -0.1) is 0 Å². The van der Waals surface area contributed by atoms with E-state index < -0.39 is 0 Å². The second-order valence-corrected chi connectivity index (χ2v) is 4.14. The second-order valence-electron chi connectivity index (χ2n) is 4.14. The zero-order valence-corrected chi connectivity index (χ0v) is 11.0. The highest BCUT2D eigenvalue weighted by molar-refractivity contribution is 5.19. The summed E-state index contributed by atoms with van der Waals surface area (Å²) in [6.45, 7) is 3.41. The van der Waals surface area contributed by atoms with Gasteiger partial charge in [0.15, 0.2) is 6.79 Å². The number of rotatable bonds is 9. The molecule has 1 aromatic rings. The average molecular weight is 255 g/mol. The molecule has 102 valence electrons. The predicted octanol–water partition coefficient (Wildman–Crippen LogP) is 1.25. The summed E-state index contributed by atoms with van der Waals surface area (Å²) >= 11 is 0. The number of ether oxygens (including phenoxy) is 3. The molecule has 5 heteroatoms. The van der Waals surface area contributed by atoms with Gasteiger partial charge in [-0.25, -0.2) is 0 Å². The second kappa shape index (κ2) is 8.85. The molecule has 5 nitrogen and oxygen atoms in total. The molecule has 0 saturated carbocycles. The summed E-state index contributed by atoms with van der Waals surface area (Å²) in [6, 6.07) is 3.75. The van der Waals surface area contributed by atoms with E-state index in [1.54, 1.807) is 13.3 Å². The molecule has 0 aliphatic rings. The van der Waals surface area contributed by atoms with Gasteiger partial charge >= 0.3 is 0 Å². The van der Waals surface area contributed by atoms with Crippen LogP contribution in [0.5, 0.6) is 5.75 Å². The van der Waals surface area contributed by atoms with Crippen LogP contribution in [0.25, 0.3) is 0 Å². The van der Waals surface area contributed by atoms with Crippen molar-refractivity contribution >= 4 is 0 Å². The molecular formula is C13H21NO4. The normalized spacial score (nSPS) is 12.4. The van der Waals surface area contributed by atoms with Crippen molar-refractivity contribution in [1.29, 1.82) is 0 Å². The van der Waals surface area contributed by atoms with Crippen molar-refractivity contribution in [2.75, 3.05) is 33.7 Å². The molecule has 1 atom stereocenters. The minimum absolute atomic E-state index is 0.174. The third kappa shape index (κ3) is 5.95. The molecular weight excluding hydrogens is 234 g/mol. The first-order valence-electron chi connectivity index (χ1n) is 6.01. The van der Waals surface area contributed by atoms with E-state index in [-0.39, 0.29) is 19.3 Å². The number of aliphatic hydroxyl groups excluding tert-OH is 1. The van der Waals surface area contributed by atoms with Gasteiger partial charge in [0.05, 0.1) is 19.4 Å². The first-order valence-corrected chi connectivity index (χ1v) is 6.01. The van der Waals surface area contributed by atoms with Gasteiger partial charge in [-0.05, 0) is 24.5 Å². The first-order chi connectivity index (χ1) is 8.76. The lowest BCUT2D eigenvalue weighted by atomic mass is 10.1. The van der Waals surface area contributed by atoms with Gasteiger partial charge in [-0.2, -0.15) is 0 Å². The van der Waals surface area contributed by atoms with E-state index >= 15 is 0 Å². The van der Waals surface area contributed by atoms with Crippen LogP contribution in [0.1, 0.15) is 12.6 Å². The summed E-state index contributed by atoms with van der Waals surface area (Å²) in [4.78, 5) is 4.27. The van der Waals surface area contributed by atoms with Crippen molar-refractivity contribution in [1.82, 2.24) is 4.98 Å². The molecule has 18 heavy (non-hydrogen) atoms. The highest BCUT2D eigenvalue weighted by Gasteiger charge is 2.03. The van der Waals surface area contributed by atoms with Crippen LogP contribution in [0.2, 0.25) is 0 Å². The van der Waals surface area contributed by atoms with Gasteiger partial charge in [0.1, 0.15) is 5.75 Å². The molecule has 0 spiro atoms. The van der Waals surface area contributed by atoms with E-state index in [1.165, 1.54) is 0 Å². The van der Waals surface area contributed by atoms with Crippen molar-refractivity contribution in [2.45, 2.75) is 13.3 Å². The largest absolute Gasteiger partial charge is 0.466 e. The third-order valence-electron chi connectivity index (χ3n) is 2.41. The summed E-state index contributed by atoms with van der Waals surface area (Å²) in [5.41, 5.74) is 0.948. The highest BCUT2D eigenvalue weighted by atomic mass is 16.7. The van der Waals surface area contributed by atoms with E-state index in [9.17, 15) is 0 Å². The lowest BCUT2D eigenvalue weighted by Crippen LogP contribution is -2.08. The zero-order valence-electron chi connectivity index (χ0n) is 11.0. The number of pyridine rings is 1. The van der Waals surface area contributed by atoms with Gasteiger partial charge < -0.3 is 19.3 Å². The highest BCUT2D eigenvalue weighted by Crippen LogP contribution is 2.11. The van der Waals surface area contributed by atoms with Gasteiger partial charge in [0.2, 0.25) is 0 Å². The molecule has 0 fully saturated rings. The summed E-state index contributed by atoms with van der Waals surface area (Å²) in [5.74, 6) is 0.898. The van der Waals surface area contributed by atoms with E-state index in [4.69, 9.17) is 19.3 Å². The van der Waals surface area contributed by atoms with Gasteiger partial charge in [-0.3, -0.25) is 4.98 Å². The topological polar surface area (TPSA) is 60.8 Å². The van der Waals surface area contributed by atoms with Gasteiger partial charge in [0, 0.05) is 19.4 Å². The molecule has 1 rings (SSSR count). The number of aromatic nitrogens is 1. The average Bonchev–Trinajstić information content (AvgIpc) is 2.40. The number of methoxy groups -OCH3 is 1. The maximum Gasteiger partial charge on any atom is 0.189 e. The maximum atomic E-state index is 8.96. The summed E-state index contributed by atoms with van der Waals surface area (Å²) in [7, 11) is 1.63. The van der Waals surface area contributed by atoms with Crippen molar-refractivity contribution in [3.05, 3.63) is 24.0 Å². The Kier molecular flexibility index (Phi) is 7.32. The molecule has 0 aromatic carbocycles. The molecule has 1 N–H and O–H groups in total. The van der Waals surface area contributed by atoms with Crippen LogP contribution in [-0.2, 0) is 15.9 Å². The van der Waals surface area contributed by atoms with Crippen LogP contribution < -0.4 is 4.74 Å². The van der Waals surface area contributed by atoms with Crippen LogP contribution in [0.15, 0.2) is 18.3 Å². The molecule has 1 heterocycles. The Balaban J connectivity index is 2.27. The summed E-state index contributed by atoms with van der Waals surface area (Å²) in [6.07, 6.45) is 2.43. The maximum absolute atomic E-state index is 8.96. The first kappa shape index (κ1) is 14.9. The fraction of sp³-hybridized carbons (Fsp3) is 0.615. The van der Waals surface area contributed by atoms with Crippen molar-refractivity contribution in [2.24, 2.45) is 5.92 Å². The van der Waals surface area contributed by atoms with Crippen LogP contribution in [0.3, 0.4) is 0 Å². The van der Waals surface area contributed by atoms with Gasteiger partial charge in [-0.1, -0.05) is 6.92 Å². The van der Waals surface area contributed by atoms with Crippen molar-refractivity contribution < 1.29 is 19.3 Å². The Morgan fingerprint density at radius 2 is 2.17 bits per heavy atom. The van der Waals surface area contributed by atoms with E-state index in [1.807, 2.05) is 19.1 Å². The molecule has 0 aliphatic heterocycles. The standard InChI is InChI=1S/C13H21NO4/c1-11(9-15)7-12-3-4-13(8-14-12)18-10-17-6-5-16-2/h3-4,8,11,15H,5-7,9-10H2,1-2H3. The quantitative estimate of drug-likeness (QED) is 0.531. The van der Waals surface area contributed by atoms with Crippen LogP contribution in [0, 0.1) is 5.92 Å². The van der Waals surface area contributed by atoms with Crippen LogP contribution >= 0.6 is 0 Å². The Morgan fingerprint density at radius 1 is 1.33 bits per heavy atom. The lowest BCUT2D eigenvalue weighted by molar-refractivity contribution is -0.00863. The van der Waals surface area contributed by atoms with Gasteiger partial charge in [0.25, 0.3) is 0 Å². The Labute approximate surface area is 108 Å². The molecule has 1 aromatic heterocycles. The number of nitrogens with zero attached hydrogens (tertiary/aromatic N) is 1. The minimum atomic E-state index is 0.174. The Morgan fingerprint density at radius 3 is 2.78 bits per heavy atom. The zero-order chi connectivity index (χ0) is 13.2. The van der Waals surface area contributed by atoms with Crippen molar-refractivity contribution in [3.63, 3.8) is 0 Å². The monoisotopic (exact) mass is 255 g/mol. The fourth-order valence-corrected chi connectivity index (χ4v) is 1.35. The smallest absolute Gasteiger partial charge is 0.189 e. The molecule has 0 radical (unpaired) electrons. The van der Waals surface area contributed by atoms with Crippen LogP contribution in [0.4, 0.5) is 0 Å². The molecule has 0 bridgehead atoms. The predicted molar refractivity (Wildman–Crippen MR) is 67.5 cm³/mol. The molecule has 0 amide bonds. The van der Waals surface area contributed by atoms with E-state index in [0.717, 1.165) is 12.1 Å². The molecule has 0 saturated heterocycles. The number of hydrogen-bond acceptors (Lipinski definition) is 5.